The van der Waals surface area contributed by atoms with Gasteiger partial charge in [-0.1, -0.05) is 253 Å². The third kappa shape index (κ3) is 10.1. The number of hydrogen-bond donors (Lipinski definition) is 0. The molecular formula is C100H67BBrN4O2+. The van der Waals surface area contributed by atoms with E-state index in [0.29, 0.717) is 0 Å². The Hall–Kier alpha value is -12.6. The molecule has 0 atom stereocenters. The zero-order valence-corrected chi connectivity index (χ0v) is 61.4. The summed E-state index contributed by atoms with van der Waals surface area (Å²) in [6.45, 7) is 8.38. The second-order valence-corrected chi connectivity index (χ2v) is 30.7. The van der Waals surface area contributed by atoms with Crippen molar-refractivity contribution in [3.63, 3.8) is 0 Å². The molecule has 0 radical (unpaired) electrons. The predicted octanol–water partition coefficient (Wildman–Crippen LogP) is 26.3. The summed E-state index contributed by atoms with van der Waals surface area (Å²) >= 11 is 3.58. The van der Waals surface area contributed by atoms with Gasteiger partial charge in [0.2, 0.25) is 0 Å². The zero-order valence-electron chi connectivity index (χ0n) is 59.8. The summed E-state index contributed by atoms with van der Waals surface area (Å²) < 4.78 is 18.5. The van der Waals surface area contributed by atoms with E-state index in [4.69, 9.17) is 19.3 Å². The molecule has 8 heteroatoms. The minimum atomic E-state index is -0.403. The minimum Gasteiger partial charge on any atom is -0.399 e. The van der Waals surface area contributed by atoms with Gasteiger partial charge in [-0.2, -0.15) is 0 Å². The van der Waals surface area contributed by atoms with Crippen molar-refractivity contribution in [3.05, 3.63) is 343 Å². The van der Waals surface area contributed by atoms with Crippen LogP contribution in [0.4, 0.5) is 0 Å². The number of halogens is 1. The second-order valence-electron chi connectivity index (χ2n) is 29.8. The molecule has 0 bridgehead atoms. The summed E-state index contributed by atoms with van der Waals surface area (Å²) in [5, 5.41) is 25.0. The third-order valence-electron chi connectivity index (χ3n) is 23.1. The second kappa shape index (κ2) is 24.7. The van der Waals surface area contributed by atoms with Gasteiger partial charge in [-0.15, -0.1) is 0 Å². The van der Waals surface area contributed by atoms with Crippen molar-refractivity contribution in [3.8, 4) is 33.4 Å². The van der Waals surface area contributed by atoms with E-state index in [0.717, 1.165) is 48.8 Å². The molecule has 5 heterocycles. The number of rotatable bonds is 4. The van der Waals surface area contributed by atoms with Gasteiger partial charge < -0.3 is 9.31 Å². The highest BCUT2D eigenvalue weighted by atomic mass is 79.9. The van der Waals surface area contributed by atoms with E-state index in [1.165, 1.54) is 158 Å². The van der Waals surface area contributed by atoms with Crippen LogP contribution in [0.2, 0.25) is 0 Å². The van der Waals surface area contributed by atoms with E-state index in [1.807, 2.05) is 12.1 Å². The van der Waals surface area contributed by atoms with Crippen LogP contribution in [0.25, 0.3) is 198 Å². The maximum Gasteiger partial charge on any atom is 0.494 e. The van der Waals surface area contributed by atoms with E-state index in [2.05, 4.69) is 380 Å². The van der Waals surface area contributed by atoms with E-state index in [9.17, 15) is 0 Å². The molecule has 0 spiro atoms. The lowest BCUT2D eigenvalue weighted by Crippen LogP contribution is -2.41. The van der Waals surface area contributed by atoms with Crippen molar-refractivity contribution in [2.24, 2.45) is 0 Å². The molecule has 0 saturated carbocycles. The van der Waals surface area contributed by atoms with Gasteiger partial charge in [0.25, 0.3) is 0 Å². The third-order valence-corrected chi connectivity index (χ3v) is 23.6. The highest BCUT2D eigenvalue weighted by Gasteiger charge is 2.52. The van der Waals surface area contributed by atoms with Crippen molar-refractivity contribution in [2.75, 3.05) is 0 Å². The van der Waals surface area contributed by atoms with Crippen molar-refractivity contribution in [2.45, 2.75) is 38.9 Å². The fraction of sp³-hybridized carbons (Fsp3) is 0.0600. The molecular weight excluding hydrogens is 1380 g/mol. The lowest BCUT2D eigenvalue weighted by atomic mass is 9.78. The number of allylic oxidation sites excluding steroid dienone is 2. The molecule has 1 aliphatic heterocycles. The molecule has 0 amide bonds. The number of aromatic nitrogens is 4. The molecule has 21 aromatic rings. The lowest BCUT2D eigenvalue weighted by Gasteiger charge is -2.32. The topological polar surface area (TPSA) is 53.1 Å². The number of imidazole rings is 2. The number of hydrogen-bond acceptors (Lipinski definition) is 4. The van der Waals surface area contributed by atoms with Gasteiger partial charge >= 0.3 is 7.12 Å². The van der Waals surface area contributed by atoms with Crippen molar-refractivity contribution in [1.29, 1.82) is 0 Å². The quantitative estimate of drug-likeness (QED) is 0.100. The Bertz CT molecular complexity index is 7440. The first kappa shape index (κ1) is 63.8. The van der Waals surface area contributed by atoms with E-state index >= 15 is 0 Å². The summed E-state index contributed by atoms with van der Waals surface area (Å²) in [6.07, 6.45) is 9.50. The Kier molecular flexibility index (Phi) is 14.6. The van der Waals surface area contributed by atoms with Crippen molar-refractivity contribution < 1.29 is 9.31 Å². The molecule has 4 aromatic heterocycles. The highest BCUT2D eigenvalue weighted by molar-refractivity contribution is 9.10. The van der Waals surface area contributed by atoms with E-state index in [1.54, 1.807) is 0 Å². The Morgan fingerprint density at radius 3 is 1.28 bits per heavy atom. The first-order chi connectivity index (χ1) is 52.9. The molecule has 1 fully saturated rings. The Morgan fingerprint density at radius 2 is 0.713 bits per heavy atom. The number of pyridine rings is 2. The standard InChI is InChI=1S/C47H28N2.C29H25BN2O2.C24H14Br/c1-2-13-34-29(10-1)20-24-40-42-28-33(22-25-44(42)49-45-19-8-7-18-43(45)48-47(49)46(34)40)31-12-9-11-30(26-31)32-21-23-39-37-16-4-3-14-35(37)36-15-5-6-17-38(36)41(39)27-32;1-28(2)29(3,4)34-30(33-28)19-14-16-24-22(17-19)21-15-13-18-9-5-6-10-20(18)26(21)27-31-23-11-7-8-12-25(23)32(24)27;25-18-7-5-6-16(14-18)17-12-13-23-21-10-2-1-8-19(21)20-9-3-4-11-22(20)24(23)15-17/h1-28H;5-17H,1-4H3;2-15H/q;;+1. The van der Waals surface area contributed by atoms with Crippen LogP contribution < -0.4 is 5.46 Å². The summed E-state index contributed by atoms with van der Waals surface area (Å²) in [6, 6.07) is 114. The van der Waals surface area contributed by atoms with Crippen LogP contribution in [0.1, 0.15) is 38.8 Å². The van der Waals surface area contributed by atoms with Crippen molar-refractivity contribution >= 4 is 193 Å². The van der Waals surface area contributed by atoms with E-state index in [-0.39, 0.29) is 11.2 Å². The van der Waals surface area contributed by atoms with E-state index < -0.39 is 7.12 Å². The Balaban J connectivity index is 0.000000110. The van der Waals surface area contributed by atoms with Crippen LogP contribution in [0.5, 0.6) is 0 Å². The summed E-state index contributed by atoms with van der Waals surface area (Å²) in [5.74, 6) is 0. The summed E-state index contributed by atoms with van der Waals surface area (Å²) in [4.78, 5) is 10.3. The molecule has 1 saturated heterocycles. The molecule has 2 aliphatic rings. The van der Waals surface area contributed by atoms with Crippen LogP contribution in [-0.4, -0.2) is 37.1 Å². The fourth-order valence-electron chi connectivity index (χ4n) is 17.2. The number of para-hydroxylation sites is 4. The first-order valence-corrected chi connectivity index (χ1v) is 37.8. The van der Waals surface area contributed by atoms with Crippen LogP contribution >= 0.6 is 15.9 Å². The number of benzene rings is 17. The van der Waals surface area contributed by atoms with Crippen LogP contribution in [0.3, 0.4) is 0 Å². The smallest absolute Gasteiger partial charge is 0.399 e. The zero-order chi connectivity index (χ0) is 72.1. The largest absolute Gasteiger partial charge is 0.494 e. The molecule has 17 aromatic carbocycles. The van der Waals surface area contributed by atoms with Gasteiger partial charge in [0, 0.05) is 48.3 Å². The normalized spacial score (nSPS) is 13.9. The van der Waals surface area contributed by atoms with Crippen LogP contribution in [0, 0.1) is 6.08 Å². The van der Waals surface area contributed by atoms with Crippen LogP contribution in [-0.2, 0) is 9.31 Å². The highest BCUT2D eigenvalue weighted by Crippen LogP contribution is 2.45. The molecule has 0 N–H and O–H groups in total. The molecule has 1 aliphatic carbocycles. The summed E-state index contributed by atoms with van der Waals surface area (Å²) in [5.41, 5.74) is 18.7. The minimum absolute atomic E-state index is 0.380. The average molecular weight is 1450 g/mol. The van der Waals surface area contributed by atoms with Crippen LogP contribution in [0.15, 0.2) is 326 Å². The fourth-order valence-corrected chi connectivity index (χ4v) is 17.6. The molecule has 508 valence electrons. The Morgan fingerprint density at radius 1 is 0.315 bits per heavy atom. The number of fused-ring (bicyclic) bond motifs is 32. The maximum absolute atomic E-state index is 6.38. The van der Waals surface area contributed by atoms with Gasteiger partial charge in [-0.25, -0.2) is 9.97 Å². The summed E-state index contributed by atoms with van der Waals surface area (Å²) in [7, 11) is -0.403. The lowest BCUT2D eigenvalue weighted by molar-refractivity contribution is 0.00578. The molecule has 23 rings (SSSR count). The average Bonchev–Trinajstić information content (AvgIpc) is 1.47. The molecule has 6 nitrogen and oxygen atoms in total. The monoisotopic (exact) mass is 1450 g/mol. The molecule has 108 heavy (non-hydrogen) atoms. The van der Waals surface area contributed by atoms with Gasteiger partial charge in [-0.3, -0.25) is 8.80 Å². The first-order valence-electron chi connectivity index (χ1n) is 37.0. The van der Waals surface area contributed by atoms with Gasteiger partial charge in [-0.05, 0) is 215 Å². The predicted molar refractivity (Wildman–Crippen MR) is 461 cm³/mol. The Labute approximate surface area is 632 Å². The number of nitrogens with zero attached hydrogens (tertiary/aromatic N) is 4. The van der Waals surface area contributed by atoms with Gasteiger partial charge in [0.05, 0.1) is 50.4 Å². The van der Waals surface area contributed by atoms with Gasteiger partial charge in [0.15, 0.2) is 0 Å². The molecule has 0 unspecified atom stereocenters. The van der Waals surface area contributed by atoms with Gasteiger partial charge in [0.1, 0.15) is 34.6 Å². The maximum atomic E-state index is 6.38. The van der Waals surface area contributed by atoms with Crippen molar-refractivity contribution in [1.82, 2.24) is 18.8 Å². The SMILES string of the molecule is Brc1cccc(-c2ccc3c4c(c5ccccc5c3c2)C=[C+]C=C4)c1.CC1(C)OB(c2ccc3c(c2)c2ccc4ccccc4c2c2nc4ccccc4n32)OC1(C)C.c1cc(-c2ccc3c4ccccc4c4ccccc4c3c2)cc(-c2ccc3c(c2)c2ccc4ccccc4c2c2nc4ccccc4n32)c1.